The van der Waals surface area contributed by atoms with Crippen LogP contribution in [0.5, 0.6) is 0 Å². The van der Waals surface area contributed by atoms with Gasteiger partial charge in [0.2, 0.25) is 11.8 Å². The molecule has 1 fully saturated rings. The van der Waals surface area contributed by atoms with Crippen molar-refractivity contribution in [3.05, 3.63) is 0 Å². The quantitative estimate of drug-likeness (QED) is 0.600. The fourth-order valence-electron chi connectivity index (χ4n) is 2.04. The second-order valence-electron chi connectivity index (χ2n) is 6.13. The molecular weight excluding hydrogens is 260 g/mol. The van der Waals surface area contributed by atoms with Crippen molar-refractivity contribution in [2.75, 3.05) is 6.54 Å². The molecule has 0 aromatic rings. The van der Waals surface area contributed by atoms with Crippen molar-refractivity contribution in [2.24, 2.45) is 5.73 Å². The van der Waals surface area contributed by atoms with Crippen molar-refractivity contribution in [1.29, 1.82) is 0 Å². The molecule has 6 heteroatoms. The summed E-state index contributed by atoms with van der Waals surface area (Å²) in [6, 6.07) is -0.410. The number of esters is 1. The van der Waals surface area contributed by atoms with Crippen LogP contribution >= 0.6 is 0 Å². The van der Waals surface area contributed by atoms with E-state index in [-0.39, 0.29) is 30.7 Å². The molecule has 0 bridgehead atoms. The normalized spacial score (nSPS) is 18.1. The SMILES string of the molecule is CC(C)(C)OC(=O)CC(N)CCN1C(=O)CCCC1=O. The topological polar surface area (TPSA) is 89.7 Å². The van der Waals surface area contributed by atoms with Crippen LogP contribution in [0.3, 0.4) is 0 Å². The zero-order valence-corrected chi connectivity index (χ0v) is 12.5. The highest BCUT2D eigenvalue weighted by Crippen LogP contribution is 2.14. The lowest BCUT2D eigenvalue weighted by molar-refractivity contribution is -0.155. The largest absolute Gasteiger partial charge is 0.460 e. The fourth-order valence-corrected chi connectivity index (χ4v) is 2.04. The standard InChI is InChI=1S/C14H24N2O4/c1-14(2,3)20-13(19)9-10(15)7-8-16-11(17)5-4-6-12(16)18/h10H,4-9,15H2,1-3H3. The maximum atomic E-state index is 11.6. The molecule has 1 saturated heterocycles. The van der Waals surface area contributed by atoms with Crippen molar-refractivity contribution >= 4 is 17.8 Å². The zero-order valence-electron chi connectivity index (χ0n) is 12.5. The summed E-state index contributed by atoms with van der Waals surface area (Å²) >= 11 is 0. The number of nitrogens with zero attached hydrogens (tertiary/aromatic N) is 1. The molecule has 0 aliphatic carbocycles. The van der Waals surface area contributed by atoms with Gasteiger partial charge in [-0.25, -0.2) is 0 Å². The number of rotatable bonds is 5. The second kappa shape index (κ2) is 6.83. The number of carbonyl (C=O) groups excluding carboxylic acids is 3. The number of carbonyl (C=O) groups is 3. The Morgan fingerprint density at radius 1 is 1.30 bits per heavy atom. The lowest BCUT2D eigenvalue weighted by Gasteiger charge is -2.26. The third kappa shape index (κ3) is 5.69. The molecule has 0 aromatic heterocycles. The first kappa shape index (κ1) is 16.6. The van der Waals surface area contributed by atoms with E-state index in [1.807, 2.05) is 0 Å². The molecule has 0 radical (unpaired) electrons. The molecule has 2 N–H and O–H groups in total. The number of hydrogen-bond acceptors (Lipinski definition) is 5. The first-order chi connectivity index (χ1) is 9.19. The number of piperidine rings is 1. The van der Waals surface area contributed by atoms with E-state index in [2.05, 4.69) is 0 Å². The molecule has 1 heterocycles. The highest BCUT2D eigenvalue weighted by molar-refractivity contribution is 5.97. The lowest BCUT2D eigenvalue weighted by Crippen LogP contribution is -2.42. The van der Waals surface area contributed by atoms with Gasteiger partial charge in [0.1, 0.15) is 5.60 Å². The number of amides is 2. The number of imide groups is 1. The molecule has 2 amide bonds. The number of nitrogens with two attached hydrogens (primary N) is 1. The average Bonchev–Trinajstić information content (AvgIpc) is 2.25. The third-order valence-electron chi connectivity index (χ3n) is 2.96. The summed E-state index contributed by atoms with van der Waals surface area (Å²) in [5, 5.41) is 0. The van der Waals surface area contributed by atoms with Crippen molar-refractivity contribution < 1.29 is 19.1 Å². The van der Waals surface area contributed by atoms with Crippen LogP contribution in [-0.2, 0) is 19.1 Å². The number of hydrogen-bond donors (Lipinski definition) is 1. The van der Waals surface area contributed by atoms with E-state index in [1.165, 1.54) is 4.90 Å². The molecule has 114 valence electrons. The lowest BCUT2D eigenvalue weighted by atomic mass is 10.1. The smallest absolute Gasteiger partial charge is 0.307 e. The van der Waals surface area contributed by atoms with Gasteiger partial charge in [0, 0.05) is 25.4 Å². The Morgan fingerprint density at radius 3 is 2.35 bits per heavy atom. The predicted molar refractivity (Wildman–Crippen MR) is 73.6 cm³/mol. The second-order valence-corrected chi connectivity index (χ2v) is 6.13. The molecular formula is C14H24N2O4. The van der Waals surface area contributed by atoms with Gasteiger partial charge in [-0.1, -0.05) is 0 Å². The van der Waals surface area contributed by atoms with Gasteiger partial charge >= 0.3 is 5.97 Å². The minimum Gasteiger partial charge on any atom is -0.460 e. The molecule has 20 heavy (non-hydrogen) atoms. The van der Waals surface area contributed by atoms with Crippen LogP contribution in [0.25, 0.3) is 0 Å². The molecule has 0 saturated carbocycles. The molecule has 1 rings (SSSR count). The minimum atomic E-state index is -0.532. The van der Waals surface area contributed by atoms with Crippen LogP contribution in [0.1, 0.15) is 52.9 Å². The van der Waals surface area contributed by atoms with E-state index >= 15 is 0 Å². The van der Waals surface area contributed by atoms with Gasteiger partial charge in [-0.2, -0.15) is 0 Å². The van der Waals surface area contributed by atoms with Gasteiger partial charge in [0.25, 0.3) is 0 Å². The summed E-state index contributed by atoms with van der Waals surface area (Å²) in [6.07, 6.45) is 1.95. The summed E-state index contributed by atoms with van der Waals surface area (Å²) in [7, 11) is 0. The Bertz CT molecular complexity index is 371. The van der Waals surface area contributed by atoms with Gasteiger partial charge in [0.05, 0.1) is 6.42 Å². The van der Waals surface area contributed by atoms with Gasteiger partial charge in [0.15, 0.2) is 0 Å². The van der Waals surface area contributed by atoms with Crippen molar-refractivity contribution in [3.8, 4) is 0 Å². The van der Waals surface area contributed by atoms with Crippen LogP contribution in [0.2, 0.25) is 0 Å². The van der Waals surface area contributed by atoms with Crippen molar-refractivity contribution in [3.63, 3.8) is 0 Å². The average molecular weight is 284 g/mol. The predicted octanol–water partition coefficient (Wildman–Crippen LogP) is 0.975. The molecule has 1 atom stereocenters. The Morgan fingerprint density at radius 2 is 1.85 bits per heavy atom. The maximum Gasteiger partial charge on any atom is 0.307 e. The van der Waals surface area contributed by atoms with Crippen LogP contribution in [0, 0.1) is 0 Å². The van der Waals surface area contributed by atoms with Crippen molar-refractivity contribution in [1.82, 2.24) is 4.90 Å². The monoisotopic (exact) mass is 284 g/mol. The van der Waals surface area contributed by atoms with Crippen LogP contribution in [0.15, 0.2) is 0 Å². The molecule has 0 aromatic carbocycles. The first-order valence-electron chi connectivity index (χ1n) is 6.99. The zero-order chi connectivity index (χ0) is 15.3. The van der Waals surface area contributed by atoms with Crippen LogP contribution in [0.4, 0.5) is 0 Å². The summed E-state index contributed by atoms with van der Waals surface area (Å²) in [6.45, 7) is 5.66. The third-order valence-corrected chi connectivity index (χ3v) is 2.96. The number of ether oxygens (including phenoxy) is 1. The summed E-state index contributed by atoms with van der Waals surface area (Å²) < 4.78 is 5.18. The Hall–Kier alpha value is -1.43. The van der Waals surface area contributed by atoms with Gasteiger partial charge < -0.3 is 10.5 Å². The highest BCUT2D eigenvalue weighted by Gasteiger charge is 2.26. The van der Waals surface area contributed by atoms with Crippen LogP contribution < -0.4 is 5.73 Å². The first-order valence-corrected chi connectivity index (χ1v) is 6.99. The Labute approximate surface area is 119 Å². The molecule has 6 nitrogen and oxygen atoms in total. The Kier molecular flexibility index (Phi) is 5.68. The summed E-state index contributed by atoms with van der Waals surface area (Å²) in [4.78, 5) is 36.0. The van der Waals surface area contributed by atoms with E-state index in [0.717, 1.165) is 0 Å². The van der Waals surface area contributed by atoms with E-state index in [0.29, 0.717) is 25.7 Å². The summed E-state index contributed by atoms with van der Waals surface area (Å²) in [5.74, 6) is -0.655. The van der Waals surface area contributed by atoms with Crippen LogP contribution in [-0.4, -0.2) is 40.9 Å². The molecule has 1 unspecified atom stereocenters. The summed E-state index contributed by atoms with van der Waals surface area (Å²) in [5.41, 5.74) is 5.32. The van der Waals surface area contributed by atoms with Gasteiger partial charge in [-0.3, -0.25) is 19.3 Å². The Balaban J connectivity index is 2.35. The van der Waals surface area contributed by atoms with E-state index in [9.17, 15) is 14.4 Å². The molecule has 1 aliphatic rings. The molecule has 0 spiro atoms. The van der Waals surface area contributed by atoms with Gasteiger partial charge in [-0.15, -0.1) is 0 Å². The minimum absolute atomic E-state index is 0.0908. The molecule has 1 aliphatic heterocycles. The highest BCUT2D eigenvalue weighted by atomic mass is 16.6. The fraction of sp³-hybridized carbons (Fsp3) is 0.786. The van der Waals surface area contributed by atoms with E-state index in [4.69, 9.17) is 10.5 Å². The maximum absolute atomic E-state index is 11.6. The van der Waals surface area contributed by atoms with Gasteiger partial charge in [-0.05, 0) is 33.6 Å². The van der Waals surface area contributed by atoms with E-state index < -0.39 is 11.6 Å². The van der Waals surface area contributed by atoms with Crippen molar-refractivity contribution in [2.45, 2.75) is 64.5 Å². The van der Waals surface area contributed by atoms with E-state index in [1.54, 1.807) is 20.8 Å². The number of likely N-dealkylation sites (tertiary alicyclic amines) is 1.